The molecule has 0 atom stereocenters. The molecule has 5 nitrogen and oxygen atoms in total. The summed E-state index contributed by atoms with van der Waals surface area (Å²) in [6, 6.07) is 6.72. The van der Waals surface area contributed by atoms with E-state index in [1.165, 1.54) is 13.3 Å². The van der Waals surface area contributed by atoms with Gasteiger partial charge in [-0.25, -0.2) is 0 Å². The lowest BCUT2D eigenvalue weighted by Gasteiger charge is -2.17. The summed E-state index contributed by atoms with van der Waals surface area (Å²) in [7, 11) is 1.48. The van der Waals surface area contributed by atoms with Gasteiger partial charge in [0, 0.05) is 24.3 Å². The number of hydrogen-bond donors (Lipinski definition) is 1. The summed E-state index contributed by atoms with van der Waals surface area (Å²) < 4.78 is 5.16. The molecule has 0 unspecified atom stereocenters. The number of rotatable bonds is 8. The number of methoxy groups -OCH3 is 1. The van der Waals surface area contributed by atoms with Gasteiger partial charge in [-0.1, -0.05) is 23.8 Å². The van der Waals surface area contributed by atoms with Gasteiger partial charge in [0.25, 0.3) is 5.91 Å². The van der Waals surface area contributed by atoms with Gasteiger partial charge in [0.15, 0.2) is 0 Å². The molecule has 1 N–H and O–H groups in total. The van der Waals surface area contributed by atoms with Crippen LogP contribution in [0.25, 0.3) is 0 Å². The summed E-state index contributed by atoms with van der Waals surface area (Å²) in [5, 5.41) is 12.3. The summed E-state index contributed by atoms with van der Waals surface area (Å²) in [4.78, 5) is 14.0. The molecular formula is C17H18ClN3O2. The van der Waals surface area contributed by atoms with E-state index in [1.807, 2.05) is 6.07 Å². The summed E-state index contributed by atoms with van der Waals surface area (Å²) in [5.74, 6) is -0.0970. The van der Waals surface area contributed by atoms with E-state index in [0.29, 0.717) is 29.5 Å². The van der Waals surface area contributed by atoms with E-state index < -0.39 is 5.91 Å². The Bertz CT molecular complexity index is 652. The second-order valence-corrected chi connectivity index (χ2v) is 4.92. The Labute approximate surface area is 141 Å². The predicted molar refractivity (Wildman–Crippen MR) is 92.3 cm³/mol. The number of amides is 1. The highest BCUT2D eigenvalue weighted by atomic mass is 35.5. The first-order chi connectivity index (χ1) is 11.0. The van der Waals surface area contributed by atoms with Crippen LogP contribution < -0.4 is 10.1 Å². The maximum atomic E-state index is 12.3. The molecular weight excluding hydrogens is 314 g/mol. The maximum Gasteiger partial charge on any atom is 0.267 e. The van der Waals surface area contributed by atoms with Crippen molar-refractivity contribution >= 4 is 23.2 Å². The minimum Gasteiger partial charge on any atom is -0.495 e. The van der Waals surface area contributed by atoms with Gasteiger partial charge in [-0.05, 0) is 18.2 Å². The van der Waals surface area contributed by atoms with Crippen LogP contribution >= 0.6 is 11.6 Å². The summed E-state index contributed by atoms with van der Waals surface area (Å²) >= 11 is 5.92. The molecule has 0 bridgehead atoms. The number of benzene rings is 1. The van der Waals surface area contributed by atoms with E-state index in [9.17, 15) is 10.1 Å². The molecule has 1 amide bonds. The van der Waals surface area contributed by atoms with Crippen LogP contribution in [0, 0.1) is 11.3 Å². The van der Waals surface area contributed by atoms with Crippen LogP contribution in [0.3, 0.4) is 0 Å². The minimum atomic E-state index is -0.550. The molecule has 0 aliphatic heterocycles. The standard InChI is InChI=1S/C17H18ClN3O2/c1-4-8-21(9-5-2)12-13(11-19)17(22)20-15-10-14(18)6-7-16(15)23-3/h4-7,10,12H,1-2,8-9H2,3H3,(H,20,22)/b13-12-. The lowest BCUT2D eigenvalue weighted by Crippen LogP contribution is -2.21. The van der Waals surface area contributed by atoms with Crippen molar-refractivity contribution in [2.75, 3.05) is 25.5 Å². The van der Waals surface area contributed by atoms with Crippen molar-refractivity contribution in [3.05, 3.63) is 60.3 Å². The number of hydrogen-bond acceptors (Lipinski definition) is 4. The van der Waals surface area contributed by atoms with E-state index in [1.54, 1.807) is 35.3 Å². The van der Waals surface area contributed by atoms with Gasteiger partial charge in [-0.2, -0.15) is 5.26 Å². The zero-order valence-electron chi connectivity index (χ0n) is 12.9. The number of anilines is 1. The van der Waals surface area contributed by atoms with Gasteiger partial charge < -0.3 is 15.0 Å². The number of nitriles is 1. The number of ether oxygens (including phenoxy) is 1. The Morgan fingerprint density at radius 2 is 2.09 bits per heavy atom. The molecule has 1 aromatic rings. The van der Waals surface area contributed by atoms with Crippen molar-refractivity contribution in [3.8, 4) is 11.8 Å². The van der Waals surface area contributed by atoms with Gasteiger partial charge in [-0.3, -0.25) is 4.79 Å². The summed E-state index contributed by atoms with van der Waals surface area (Å²) in [6.07, 6.45) is 4.81. The van der Waals surface area contributed by atoms with Crippen LogP contribution in [0.4, 0.5) is 5.69 Å². The maximum absolute atomic E-state index is 12.3. The molecule has 6 heteroatoms. The molecule has 0 aliphatic carbocycles. The predicted octanol–water partition coefficient (Wildman–Crippen LogP) is 3.37. The first-order valence-corrected chi connectivity index (χ1v) is 7.16. The lowest BCUT2D eigenvalue weighted by atomic mass is 10.2. The van der Waals surface area contributed by atoms with E-state index in [-0.39, 0.29) is 5.57 Å². The molecule has 0 aromatic heterocycles. The topological polar surface area (TPSA) is 65.4 Å². The number of carbonyl (C=O) groups is 1. The fourth-order valence-corrected chi connectivity index (χ4v) is 1.97. The van der Waals surface area contributed by atoms with Crippen LogP contribution in [0.5, 0.6) is 5.75 Å². The monoisotopic (exact) mass is 331 g/mol. The van der Waals surface area contributed by atoms with Crippen LogP contribution in [-0.2, 0) is 4.79 Å². The second kappa shape index (κ2) is 9.34. The summed E-state index contributed by atoms with van der Waals surface area (Å²) in [5.41, 5.74) is 0.348. The minimum absolute atomic E-state index is 0.0456. The normalized spacial score (nSPS) is 10.4. The van der Waals surface area contributed by atoms with Gasteiger partial charge in [-0.15, -0.1) is 13.2 Å². The molecule has 0 fully saturated rings. The molecule has 1 aromatic carbocycles. The van der Waals surface area contributed by atoms with Crippen LogP contribution in [0.15, 0.2) is 55.3 Å². The quantitative estimate of drug-likeness (QED) is 0.450. The van der Waals surface area contributed by atoms with Crippen molar-refractivity contribution in [3.63, 3.8) is 0 Å². The van der Waals surface area contributed by atoms with Crippen molar-refractivity contribution in [2.24, 2.45) is 0 Å². The number of nitrogens with zero attached hydrogens (tertiary/aromatic N) is 2. The highest BCUT2D eigenvalue weighted by Crippen LogP contribution is 2.28. The lowest BCUT2D eigenvalue weighted by molar-refractivity contribution is -0.112. The van der Waals surface area contributed by atoms with Gasteiger partial charge in [0.05, 0.1) is 12.8 Å². The highest BCUT2D eigenvalue weighted by molar-refractivity contribution is 6.31. The molecule has 0 saturated heterocycles. The molecule has 120 valence electrons. The van der Waals surface area contributed by atoms with Gasteiger partial charge in [0.1, 0.15) is 17.4 Å². The van der Waals surface area contributed by atoms with Crippen molar-refractivity contribution < 1.29 is 9.53 Å². The molecule has 23 heavy (non-hydrogen) atoms. The van der Waals surface area contributed by atoms with Gasteiger partial charge >= 0.3 is 0 Å². The van der Waals surface area contributed by atoms with E-state index in [0.717, 1.165) is 0 Å². The second-order valence-electron chi connectivity index (χ2n) is 4.48. The zero-order chi connectivity index (χ0) is 17.2. The fraction of sp³-hybridized carbons (Fsp3) is 0.176. The first-order valence-electron chi connectivity index (χ1n) is 6.78. The molecule has 1 rings (SSSR count). The molecule has 0 radical (unpaired) electrons. The van der Waals surface area contributed by atoms with Crippen molar-refractivity contribution in [1.82, 2.24) is 4.90 Å². The third-order valence-corrected chi connectivity index (χ3v) is 3.05. The summed E-state index contributed by atoms with van der Waals surface area (Å²) in [6.45, 7) is 8.26. The third-order valence-electron chi connectivity index (χ3n) is 2.81. The Kier molecular flexibility index (Phi) is 7.44. The number of halogens is 1. The first kappa shape index (κ1) is 18.3. The van der Waals surface area contributed by atoms with Gasteiger partial charge in [0.2, 0.25) is 0 Å². The Balaban J connectivity index is 3.01. The fourth-order valence-electron chi connectivity index (χ4n) is 1.80. The average Bonchev–Trinajstić information content (AvgIpc) is 2.53. The zero-order valence-corrected chi connectivity index (χ0v) is 13.6. The molecule has 0 heterocycles. The van der Waals surface area contributed by atoms with Crippen LogP contribution in [0.2, 0.25) is 5.02 Å². The number of carbonyl (C=O) groups excluding carboxylic acids is 1. The molecule has 0 saturated carbocycles. The van der Waals surface area contributed by atoms with Crippen LogP contribution in [-0.4, -0.2) is 31.0 Å². The van der Waals surface area contributed by atoms with Crippen molar-refractivity contribution in [2.45, 2.75) is 0 Å². The Morgan fingerprint density at radius 3 is 2.61 bits per heavy atom. The average molecular weight is 332 g/mol. The Morgan fingerprint density at radius 1 is 1.43 bits per heavy atom. The smallest absolute Gasteiger partial charge is 0.267 e. The molecule has 0 spiro atoms. The van der Waals surface area contributed by atoms with E-state index in [4.69, 9.17) is 16.3 Å². The number of nitrogens with one attached hydrogen (secondary N) is 1. The highest BCUT2D eigenvalue weighted by Gasteiger charge is 2.14. The Hall–Kier alpha value is -2.71. The van der Waals surface area contributed by atoms with Crippen LogP contribution in [0.1, 0.15) is 0 Å². The van der Waals surface area contributed by atoms with E-state index >= 15 is 0 Å². The van der Waals surface area contributed by atoms with E-state index in [2.05, 4.69) is 18.5 Å². The third kappa shape index (κ3) is 5.53. The molecule has 0 aliphatic rings. The van der Waals surface area contributed by atoms with Crippen molar-refractivity contribution in [1.29, 1.82) is 5.26 Å². The SMILES string of the molecule is C=CCN(/C=C(/C#N)C(=O)Nc1cc(Cl)ccc1OC)CC=C. The largest absolute Gasteiger partial charge is 0.495 e.